The van der Waals surface area contributed by atoms with E-state index in [1.54, 1.807) is 0 Å². The summed E-state index contributed by atoms with van der Waals surface area (Å²) in [6, 6.07) is 6.00. The minimum Gasteiger partial charge on any atom is -0.454 e. The molecule has 0 unspecified atom stereocenters. The van der Waals surface area contributed by atoms with Crippen LogP contribution >= 0.6 is 24.0 Å². The minimum absolute atomic E-state index is 0. The van der Waals surface area contributed by atoms with Crippen LogP contribution in [0, 0.1) is 5.92 Å². The van der Waals surface area contributed by atoms with Crippen molar-refractivity contribution >= 4 is 35.8 Å². The van der Waals surface area contributed by atoms with E-state index in [-0.39, 0.29) is 29.9 Å². The molecule has 1 saturated carbocycles. The normalized spacial score (nSPS) is 15.7. The number of nitrogens with zero attached hydrogens (tertiary/aromatic N) is 1. The van der Waals surface area contributed by atoms with E-state index in [0.717, 1.165) is 30.4 Å². The number of amides is 1. The molecule has 2 aliphatic rings. The van der Waals surface area contributed by atoms with Gasteiger partial charge in [-0.3, -0.25) is 9.79 Å². The predicted octanol–water partition coefficient (Wildman–Crippen LogP) is 2.83. The molecule has 0 saturated heterocycles. The second-order valence-corrected chi connectivity index (χ2v) is 7.33. The van der Waals surface area contributed by atoms with Crippen molar-refractivity contribution < 1.29 is 14.3 Å². The van der Waals surface area contributed by atoms with E-state index in [4.69, 9.17) is 9.47 Å². The first kappa shape index (κ1) is 23.6. The van der Waals surface area contributed by atoms with Gasteiger partial charge in [-0.25, -0.2) is 0 Å². The van der Waals surface area contributed by atoms with Gasteiger partial charge in [0.2, 0.25) is 12.7 Å². The molecule has 29 heavy (non-hydrogen) atoms. The Morgan fingerprint density at radius 2 is 1.86 bits per heavy atom. The third-order valence-corrected chi connectivity index (χ3v) is 5.14. The zero-order chi connectivity index (χ0) is 19.6. The third-order valence-electron chi connectivity index (χ3n) is 5.14. The Morgan fingerprint density at radius 3 is 2.66 bits per heavy atom. The number of rotatable bonds is 9. The van der Waals surface area contributed by atoms with Crippen molar-refractivity contribution in [1.29, 1.82) is 0 Å². The van der Waals surface area contributed by atoms with Crippen LogP contribution in [0.2, 0.25) is 0 Å². The predicted molar refractivity (Wildman–Crippen MR) is 125 cm³/mol. The van der Waals surface area contributed by atoms with E-state index in [0.29, 0.717) is 38.8 Å². The minimum atomic E-state index is 0. The third kappa shape index (κ3) is 7.91. The number of benzene rings is 1. The average Bonchev–Trinajstić information content (AvgIpc) is 3.36. The van der Waals surface area contributed by atoms with E-state index >= 15 is 0 Å². The molecule has 1 fully saturated rings. The number of carbonyl (C=O) groups is 1. The monoisotopic (exact) mass is 516 g/mol. The van der Waals surface area contributed by atoms with Gasteiger partial charge in [0.05, 0.1) is 0 Å². The molecular formula is C21H33IN4O3. The fourth-order valence-electron chi connectivity index (χ4n) is 3.67. The Balaban J connectivity index is 0.00000300. The molecule has 0 aromatic heterocycles. The van der Waals surface area contributed by atoms with Crippen molar-refractivity contribution in [1.82, 2.24) is 16.0 Å². The summed E-state index contributed by atoms with van der Waals surface area (Å²) >= 11 is 0. The van der Waals surface area contributed by atoms with Gasteiger partial charge in [0, 0.05) is 32.6 Å². The molecule has 1 amide bonds. The highest BCUT2D eigenvalue weighted by atomic mass is 127. The summed E-state index contributed by atoms with van der Waals surface area (Å²) < 4.78 is 10.8. The van der Waals surface area contributed by atoms with E-state index in [2.05, 4.69) is 20.9 Å². The number of aliphatic imine (C=N–C) groups is 1. The van der Waals surface area contributed by atoms with Crippen LogP contribution in [0.15, 0.2) is 23.2 Å². The summed E-state index contributed by atoms with van der Waals surface area (Å²) in [5.41, 5.74) is 1.17. The van der Waals surface area contributed by atoms with Gasteiger partial charge in [0.1, 0.15) is 0 Å². The summed E-state index contributed by atoms with van der Waals surface area (Å²) in [4.78, 5) is 16.6. The second-order valence-electron chi connectivity index (χ2n) is 7.33. The van der Waals surface area contributed by atoms with Crippen molar-refractivity contribution in [3.05, 3.63) is 23.8 Å². The molecule has 7 nitrogen and oxygen atoms in total. The van der Waals surface area contributed by atoms with Crippen molar-refractivity contribution in [2.75, 3.05) is 33.0 Å². The van der Waals surface area contributed by atoms with Gasteiger partial charge in [0.15, 0.2) is 17.5 Å². The number of ether oxygens (including phenoxy) is 2. The lowest BCUT2D eigenvalue weighted by Crippen LogP contribution is -2.41. The summed E-state index contributed by atoms with van der Waals surface area (Å²) in [5.74, 6) is 3.13. The number of hydrogen-bond donors (Lipinski definition) is 3. The standard InChI is InChI=1S/C21H32N4O3.HI/c1-2-22-21(25-12-11-23-20(26)14-16-5-3-4-6-16)24-10-9-17-7-8-18-19(13-17)28-15-27-18;/h7-8,13,16H,2-6,9-12,14-15H2,1H3,(H,23,26)(H2,22,24,25);1H. The first-order valence-electron chi connectivity index (χ1n) is 10.4. The number of halogens is 1. The highest BCUT2D eigenvalue weighted by Gasteiger charge is 2.18. The highest BCUT2D eigenvalue weighted by molar-refractivity contribution is 14.0. The quantitative estimate of drug-likeness (QED) is 0.204. The number of fused-ring (bicyclic) bond motifs is 1. The summed E-state index contributed by atoms with van der Waals surface area (Å²) in [5, 5.41) is 9.52. The molecule has 0 spiro atoms. The maximum atomic E-state index is 12.0. The summed E-state index contributed by atoms with van der Waals surface area (Å²) in [7, 11) is 0. The van der Waals surface area contributed by atoms with Crippen LogP contribution < -0.4 is 25.4 Å². The molecule has 0 atom stereocenters. The molecule has 8 heteroatoms. The van der Waals surface area contributed by atoms with Gasteiger partial charge in [0.25, 0.3) is 0 Å². The molecule has 0 bridgehead atoms. The maximum absolute atomic E-state index is 12.0. The lowest BCUT2D eigenvalue weighted by atomic mass is 10.0. The van der Waals surface area contributed by atoms with Crippen LogP contribution in [0.1, 0.15) is 44.6 Å². The molecule has 1 aliphatic carbocycles. The van der Waals surface area contributed by atoms with Crippen LogP contribution in [0.5, 0.6) is 11.5 Å². The summed E-state index contributed by atoms with van der Waals surface area (Å²) in [6.07, 6.45) is 6.44. The van der Waals surface area contributed by atoms with Crippen molar-refractivity contribution in [2.24, 2.45) is 10.9 Å². The van der Waals surface area contributed by atoms with Crippen LogP contribution in [0.25, 0.3) is 0 Å². The van der Waals surface area contributed by atoms with Crippen LogP contribution in [-0.2, 0) is 11.2 Å². The van der Waals surface area contributed by atoms with Crippen molar-refractivity contribution in [3.63, 3.8) is 0 Å². The molecule has 3 N–H and O–H groups in total. The second kappa shape index (κ2) is 12.8. The van der Waals surface area contributed by atoms with E-state index in [1.807, 2.05) is 25.1 Å². The van der Waals surface area contributed by atoms with Gasteiger partial charge in [-0.05, 0) is 49.8 Å². The first-order chi connectivity index (χ1) is 13.7. The largest absolute Gasteiger partial charge is 0.454 e. The maximum Gasteiger partial charge on any atom is 0.231 e. The Labute approximate surface area is 190 Å². The Hall–Kier alpha value is -1.71. The first-order valence-corrected chi connectivity index (χ1v) is 10.4. The average molecular weight is 516 g/mol. The zero-order valence-corrected chi connectivity index (χ0v) is 19.5. The van der Waals surface area contributed by atoms with Gasteiger partial charge < -0.3 is 25.4 Å². The fraction of sp³-hybridized carbons (Fsp3) is 0.619. The van der Waals surface area contributed by atoms with E-state index in [1.165, 1.54) is 31.2 Å². The number of nitrogens with one attached hydrogen (secondary N) is 3. The smallest absolute Gasteiger partial charge is 0.231 e. The molecule has 1 aromatic carbocycles. The van der Waals surface area contributed by atoms with E-state index < -0.39 is 0 Å². The number of guanidine groups is 1. The van der Waals surface area contributed by atoms with Gasteiger partial charge in [-0.2, -0.15) is 0 Å². The Bertz CT molecular complexity index is 678. The number of hydrogen-bond acceptors (Lipinski definition) is 4. The lowest BCUT2D eigenvalue weighted by molar-refractivity contribution is -0.121. The topological polar surface area (TPSA) is 84.0 Å². The van der Waals surface area contributed by atoms with E-state index in [9.17, 15) is 4.79 Å². The molecule has 0 radical (unpaired) electrons. The van der Waals surface area contributed by atoms with Gasteiger partial charge >= 0.3 is 0 Å². The zero-order valence-electron chi connectivity index (χ0n) is 17.2. The van der Waals surface area contributed by atoms with Crippen molar-refractivity contribution in [2.45, 2.75) is 45.4 Å². The molecule has 1 aliphatic heterocycles. The lowest BCUT2D eigenvalue weighted by Gasteiger charge is -2.13. The molecular weight excluding hydrogens is 483 g/mol. The van der Waals surface area contributed by atoms with Crippen molar-refractivity contribution in [3.8, 4) is 11.5 Å². The van der Waals surface area contributed by atoms with Crippen LogP contribution in [0.4, 0.5) is 0 Å². The van der Waals surface area contributed by atoms with Gasteiger partial charge in [-0.15, -0.1) is 24.0 Å². The Morgan fingerprint density at radius 1 is 1.10 bits per heavy atom. The SMILES string of the molecule is CCNC(=NCCc1ccc2c(c1)OCO2)NCCNC(=O)CC1CCCC1.I. The molecule has 1 heterocycles. The highest BCUT2D eigenvalue weighted by Crippen LogP contribution is 2.32. The summed E-state index contributed by atoms with van der Waals surface area (Å²) in [6.45, 7) is 5.07. The fourth-order valence-corrected chi connectivity index (χ4v) is 3.67. The van der Waals surface area contributed by atoms with Crippen LogP contribution in [0.3, 0.4) is 0 Å². The molecule has 162 valence electrons. The molecule has 1 aromatic rings. The van der Waals surface area contributed by atoms with Crippen LogP contribution in [-0.4, -0.2) is 44.8 Å². The Kier molecular flexibility index (Phi) is 10.4. The number of carbonyl (C=O) groups excluding carboxylic acids is 1. The molecule has 3 rings (SSSR count). The van der Waals surface area contributed by atoms with Gasteiger partial charge in [-0.1, -0.05) is 18.9 Å².